The van der Waals surface area contributed by atoms with Gasteiger partial charge in [-0.05, 0) is 36.3 Å². The topological polar surface area (TPSA) is 63.3 Å². The number of benzene rings is 1. The molecule has 1 aliphatic carbocycles. The molecule has 2 rings (SSSR count). The van der Waals surface area contributed by atoms with Crippen molar-refractivity contribution in [2.24, 2.45) is 11.7 Å². The molecule has 3 nitrogen and oxygen atoms in total. The van der Waals surface area contributed by atoms with Gasteiger partial charge in [0.2, 0.25) is 0 Å². The maximum Gasteiger partial charge on any atom is 0.328 e. The number of fused-ring (bicyclic) bond motifs is 1. The van der Waals surface area contributed by atoms with Gasteiger partial charge in [-0.3, -0.25) is 0 Å². The molecule has 0 spiro atoms. The van der Waals surface area contributed by atoms with Gasteiger partial charge in [0.15, 0.2) is 0 Å². The molecule has 2 atom stereocenters. The molecule has 17 heavy (non-hydrogen) atoms. The zero-order valence-electron chi connectivity index (χ0n) is 9.73. The molecule has 0 saturated carbocycles. The van der Waals surface area contributed by atoms with Gasteiger partial charge in [0.05, 0.1) is 0 Å². The monoisotopic (exact) mass is 231 g/mol. The van der Waals surface area contributed by atoms with Gasteiger partial charge in [-0.25, -0.2) is 4.79 Å². The molecule has 1 aliphatic rings. The number of carbonyl (C=O) groups is 1. The van der Waals surface area contributed by atoms with Gasteiger partial charge in [-0.1, -0.05) is 30.3 Å². The molecule has 90 valence electrons. The fourth-order valence-electron chi connectivity index (χ4n) is 2.71. The first-order chi connectivity index (χ1) is 8.10. The summed E-state index contributed by atoms with van der Waals surface area (Å²) in [7, 11) is 0. The largest absolute Gasteiger partial charge is 0.480 e. The molecule has 3 heteroatoms. The standard InChI is InChI=1S/C14H17NO2/c1-2-5-11-9-8-10-6-3-4-7-12(10)14(11,15)13(16)17/h2-4,6-7,11H,1,5,8-9,15H2,(H,16,17). The maximum atomic E-state index is 11.6. The van der Waals surface area contributed by atoms with E-state index in [0.717, 1.165) is 24.0 Å². The minimum Gasteiger partial charge on any atom is -0.480 e. The highest BCUT2D eigenvalue weighted by molar-refractivity contribution is 5.82. The van der Waals surface area contributed by atoms with Crippen molar-refractivity contribution in [1.29, 1.82) is 0 Å². The SMILES string of the molecule is C=CCC1CCc2ccccc2C1(N)C(=O)O. The molecule has 1 aromatic rings. The predicted octanol–water partition coefficient (Wildman–Crippen LogP) is 2.06. The lowest BCUT2D eigenvalue weighted by Gasteiger charge is -2.39. The van der Waals surface area contributed by atoms with E-state index in [2.05, 4.69) is 6.58 Å². The third-order valence-electron chi connectivity index (χ3n) is 3.67. The molecular weight excluding hydrogens is 214 g/mol. The van der Waals surface area contributed by atoms with Crippen LogP contribution in [0.2, 0.25) is 0 Å². The van der Waals surface area contributed by atoms with Crippen LogP contribution in [0, 0.1) is 5.92 Å². The molecule has 3 N–H and O–H groups in total. The Hall–Kier alpha value is -1.61. The molecule has 0 bridgehead atoms. The molecule has 0 heterocycles. The van der Waals surface area contributed by atoms with Crippen LogP contribution in [0.25, 0.3) is 0 Å². The second kappa shape index (κ2) is 4.34. The molecule has 0 aromatic heterocycles. The number of hydrogen-bond donors (Lipinski definition) is 2. The fourth-order valence-corrected chi connectivity index (χ4v) is 2.71. The Morgan fingerprint density at radius 2 is 2.29 bits per heavy atom. The van der Waals surface area contributed by atoms with Crippen LogP contribution in [0.3, 0.4) is 0 Å². The first-order valence-electron chi connectivity index (χ1n) is 5.82. The van der Waals surface area contributed by atoms with Crippen LogP contribution in [-0.4, -0.2) is 11.1 Å². The quantitative estimate of drug-likeness (QED) is 0.783. The Morgan fingerprint density at radius 3 is 2.94 bits per heavy atom. The second-order valence-electron chi connectivity index (χ2n) is 4.59. The van der Waals surface area contributed by atoms with Crippen LogP contribution in [-0.2, 0) is 16.8 Å². The molecule has 0 amide bonds. The van der Waals surface area contributed by atoms with E-state index in [1.807, 2.05) is 24.3 Å². The normalized spacial score (nSPS) is 27.2. The highest BCUT2D eigenvalue weighted by Gasteiger charge is 2.46. The number of aryl methyl sites for hydroxylation is 1. The lowest BCUT2D eigenvalue weighted by molar-refractivity contribution is -0.146. The fraction of sp³-hybridized carbons (Fsp3) is 0.357. The first kappa shape index (κ1) is 11.9. The number of hydrogen-bond acceptors (Lipinski definition) is 2. The summed E-state index contributed by atoms with van der Waals surface area (Å²) in [6, 6.07) is 7.57. The van der Waals surface area contributed by atoms with Gasteiger partial charge >= 0.3 is 5.97 Å². The third-order valence-corrected chi connectivity index (χ3v) is 3.67. The van der Waals surface area contributed by atoms with Crippen LogP contribution < -0.4 is 5.73 Å². The number of rotatable bonds is 3. The minimum atomic E-state index is -1.27. The Kier molecular flexibility index (Phi) is 3.03. The van der Waals surface area contributed by atoms with Crippen molar-refractivity contribution in [3.8, 4) is 0 Å². The first-order valence-corrected chi connectivity index (χ1v) is 5.82. The molecule has 2 unspecified atom stereocenters. The van der Waals surface area contributed by atoms with E-state index < -0.39 is 11.5 Å². The summed E-state index contributed by atoms with van der Waals surface area (Å²) in [4.78, 5) is 11.6. The summed E-state index contributed by atoms with van der Waals surface area (Å²) in [5, 5.41) is 9.48. The number of allylic oxidation sites excluding steroid dienone is 1. The van der Waals surface area contributed by atoms with Gasteiger partial charge in [-0.2, -0.15) is 0 Å². The van der Waals surface area contributed by atoms with Gasteiger partial charge in [0, 0.05) is 0 Å². The highest BCUT2D eigenvalue weighted by Crippen LogP contribution is 2.39. The summed E-state index contributed by atoms with van der Waals surface area (Å²) < 4.78 is 0. The van der Waals surface area contributed by atoms with Crippen molar-refractivity contribution in [2.45, 2.75) is 24.8 Å². The maximum absolute atomic E-state index is 11.6. The second-order valence-corrected chi connectivity index (χ2v) is 4.59. The van der Waals surface area contributed by atoms with Crippen molar-refractivity contribution >= 4 is 5.97 Å². The minimum absolute atomic E-state index is 0.0765. The number of aliphatic carboxylic acids is 1. The third kappa shape index (κ3) is 1.76. The zero-order chi connectivity index (χ0) is 12.5. The smallest absolute Gasteiger partial charge is 0.328 e. The summed E-state index contributed by atoms with van der Waals surface area (Å²) in [6.45, 7) is 3.69. The Bertz CT molecular complexity index is 455. The summed E-state index contributed by atoms with van der Waals surface area (Å²) >= 11 is 0. The van der Waals surface area contributed by atoms with Gasteiger partial charge in [-0.15, -0.1) is 6.58 Å². The van der Waals surface area contributed by atoms with Crippen LogP contribution in [0.5, 0.6) is 0 Å². The Morgan fingerprint density at radius 1 is 1.59 bits per heavy atom. The van der Waals surface area contributed by atoms with Crippen LogP contribution in [0.4, 0.5) is 0 Å². The van der Waals surface area contributed by atoms with E-state index in [-0.39, 0.29) is 5.92 Å². The predicted molar refractivity (Wildman–Crippen MR) is 66.6 cm³/mol. The van der Waals surface area contributed by atoms with Crippen LogP contribution in [0.15, 0.2) is 36.9 Å². The molecule has 1 aromatic carbocycles. The van der Waals surface area contributed by atoms with Crippen molar-refractivity contribution in [1.82, 2.24) is 0 Å². The highest BCUT2D eigenvalue weighted by atomic mass is 16.4. The van der Waals surface area contributed by atoms with E-state index in [1.165, 1.54) is 0 Å². The molecule has 0 aliphatic heterocycles. The van der Waals surface area contributed by atoms with E-state index in [9.17, 15) is 9.90 Å². The van der Waals surface area contributed by atoms with Crippen molar-refractivity contribution in [3.05, 3.63) is 48.0 Å². The summed E-state index contributed by atoms with van der Waals surface area (Å²) in [5.74, 6) is -1.02. The van der Waals surface area contributed by atoms with E-state index >= 15 is 0 Å². The van der Waals surface area contributed by atoms with Crippen LogP contribution >= 0.6 is 0 Å². The number of carboxylic acids is 1. The van der Waals surface area contributed by atoms with Crippen molar-refractivity contribution < 1.29 is 9.90 Å². The van der Waals surface area contributed by atoms with Crippen molar-refractivity contribution in [3.63, 3.8) is 0 Å². The Balaban J connectivity index is 2.53. The van der Waals surface area contributed by atoms with Gasteiger partial charge in [0.25, 0.3) is 0 Å². The molecule has 0 saturated heterocycles. The van der Waals surface area contributed by atoms with Gasteiger partial charge in [0.1, 0.15) is 5.54 Å². The lowest BCUT2D eigenvalue weighted by atomic mass is 9.68. The molecule has 0 fully saturated rings. The number of carboxylic acid groups (broad SMARTS) is 1. The summed E-state index contributed by atoms with van der Waals surface area (Å²) in [6.07, 6.45) is 4.08. The summed E-state index contributed by atoms with van der Waals surface area (Å²) in [5.41, 5.74) is 6.73. The van der Waals surface area contributed by atoms with E-state index in [4.69, 9.17) is 5.73 Å². The molecule has 0 radical (unpaired) electrons. The van der Waals surface area contributed by atoms with E-state index in [1.54, 1.807) is 6.08 Å². The van der Waals surface area contributed by atoms with Gasteiger partial charge < -0.3 is 10.8 Å². The lowest BCUT2D eigenvalue weighted by Crippen LogP contribution is -2.53. The average molecular weight is 231 g/mol. The van der Waals surface area contributed by atoms with Crippen LogP contribution in [0.1, 0.15) is 24.0 Å². The zero-order valence-corrected chi connectivity index (χ0v) is 9.73. The van der Waals surface area contributed by atoms with Crippen molar-refractivity contribution in [2.75, 3.05) is 0 Å². The molecular formula is C14H17NO2. The average Bonchev–Trinajstić information content (AvgIpc) is 2.33. The number of nitrogens with two attached hydrogens (primary N) is 1. The Labute approximate surface area is 101 Å². The van der Waals surface area contributed by atoms with E-state index in [0.29, 0.717) is 6.42 Å².